The number of urea groups is 1. The molecule has 1 atom stereocenters. The standard InChI is InChI=1S/C17H19N3O3/c1-12(11-16(21)22)20(17(18)23)15-9-7-14(8-10-15)19-13-5-3-2-4-6-13/h2-10,12,19H,11H2,1H3,(H2,18,23)(H,21,22). The lowest BCUT2D eigenvalue weighted by molar-refractivity contribution is -0.137. The third-order valence-electron chi connectivity index (χ3n) is 3.36. The summed E-state index contributed by atoms with van der Waals surface area (Å²) in [5.41, 5.74) is 7.75. The number of para-hydroxylation sites is 1. The van der Waals surface area contributed by atoms with Crippen molar-refractivity contribution in [3.8, 4) is 0 Å². The normalized spacial score (nSPS) is 11.5. The van der Waals surface area contributed by atoms with E-state index in [9.17, 15) is 9.59 Å². The Morgan fingerprint density at radius 3 is 2.17 bits per heavy atom. The van der Waals surface area contributed by atoms with Crippen molar-refractivity contribution in [2.45, 2.75) is 19.4 Å². The molecular formula is C17H19N3O3. The second kappa shape index (κ2) is 7.31. The summed E-state index contributed by atoms with van der Waals surface area (Å²) in [4.78, 5) is 23.8. The van der Waals surface area contributed by atoms with Gasteiger partial charge in [-0.3, -0.25) is 9.69 Å². The van der Waals surface area contributed by atoms with Crippen LogP contribution in [0, 0.1) is 0 Å². The highest BCUT2D eigenvalue weighted by molar-refractivity contribution is 5.92. The van der Waals surface area contributed by atoms with Crippen LogP contribution < -0.4 is 16.0 Å². The maximum atomic E-state index is 11.6. The van der Waals surface area contributed by atoms with Crippen LogP contribution in [-0.2, 0) is 4.79 Å². The van der Waals surface area contributed by atoms with Gasteiger partial charge in [-0.1, -0.05) is 18.2 Å². The summed E-state index contributed by atoms with van der Waals surface area (Å²) >= 11 is 0. The number of primary amides is 1. The molecular weight excluding hydrogens is 294 g/mol. The van der Waals surface area contributed by atoms with Gasteiger partial charge in [0.25, 0.3) is 0 Å². The first-order chi connectivity index (χ1) is 11.0. The molecule has 0 aliphatic carbocycles. The number of carbonyl (C=O) groups is 2. The SMILES string of the molecule is CC(CC(=O)O)N(C(N)=O)c1ccc(Nc2ccccc2)cc1. The smallest absolute Gasteiger partial charge is 0.319 e. The van der Waals surface area contributed by atoms with Crippen LogP contribution in [0.2, 0.25) is 0 Å². The third-order valence-corrected chi connectivity index (χ3v) is 3.36. The van der Waals surface area contributed by atoms with Crippen molar-refractivity contribution in [3.63, 3.8) is 0 Å². The van der Waals surface area contributed by atoms with Gasteiger partial charge in [0.2, 0.25) is 0 Å². The number of nitrogens with two attached hydrogens (primary N) is 1. The number of amides is 2. The lowest BCUT2D eigenvalue weighted by atomic mass is 10.1. The van der Waals surface area contributed by atoms with E-state index in [0.29, 0.717) is 5.69 Å². The summed E-state index contributed by atoms with van der Waals surface area (Å²) < 4.78 is 0. The average molecular weight is 313 g/mol. The van der Waals surface area contributed by atoms with Crippen LogP contribution in [0.4, 0.5) is 21.9 Å². The number of hydrogen-bond acceptors (Lipinski definition) is 3. The van der Waals surface area contributed by atoms with Crippen LogP contribution in [0.15, 0.2) is 54.6 Å². The van der Waals surface area contributed by atoms with E-state index < -0.39 is 18.0 Å². The van der Waals surface area contributed by atoms with Crippen molar-refractivity contribution in [2.75, 3.05) is 10.2 Å². The molecule has 0 spiro atoms. The second-order valence-corrected chi connectivity index (χ2v) is 5.19. The van der Waals surface area contributed by atoms with E-state index >= 15 is 0 Å². The van der Waals surface area contributed by atoms with Gasteiger partial charge >= 0.3 is 12.0 Å². The fourth-order valence-corrected chi connectivity index (χ4v) is 2.34. The maximum absolute atomic E-state index is 11.6. The Labute approximate surface area is 134 Å². The molecule has 6 nitrogen and oxygen atoms in total. The number of hydrogen-bond donors (Lipinski definition) is 3. The highest BCUT2D eigenvalue weighted by Crippen LogP contribution is 2.23. The number of rotatable bonds is 6. The summed E-state index contributed by atoms with van der Waals surface area (Å²) in [5.74, 6) is -0.980. The van der Waals surface area contributed by atoms with Crippen LogP contribution in [0.5, 0.6) is 0 Å². The molecule has 0 aliphatic heterocycles. The molecule has 1 unspecified atom stereocenters. The second-order valence-electron chi connectivity index (χ2n) is 5.19. The number of aliphatic carboxylic acids is 1. The predicted molar refractivity (Wildman–Crippen MR) is 89.9 cm³/mol. The van der Waals surface area contributed by atoms with E-state index in [0.717, 1.165) is 11.4 Å². The molecule has 2 amide bonds. The van der Waals surface area contributed by atoms with Crippen molar-refractivity contribution in [3.05, 3.63) is 54.6 Å². The Morgan fingerprint density at radius 1 is 1.09 bits per heavy atom. The Balaban J connectivity index is 2.15. The highest BCUT2D eigenvalue weighted by atomic mass is 16.4. The van der Waals surface area contributed by atoms with Gasteiger partial charge in [0, 0.05) is 23.1 Å². The minimum Gasteiger partial charge on any atom is -0.481 e. The maximum Gasteiger partial charge on any atom is 0.319 e. The molecule has 0 heterocycles. The Morgan fingerprint density at radius 2 is 1.65 bits per heavy atom. The first-order valence-corrected chi connectivity index (χ1v) is 7.20. The van der Waals surface area contributed by atoms with Gasteiger partial charge in [0.15, 0.2) is 0 Å². The van der Waals surface area contributed by atoms with Gasteiger partial charge in [-0.15, -0.1) is 0 Å². The van der Waals surface area contributed by atoms with E-state index in [2.05, 4.69) is 5.32 Å². The van der Waals surface area contributed by atoms with Crippen molar-refractivity contribution >= 4 is 29.1 Å². The van der Waals surface area contributed by atoms with Crippen LogP contribution in [0.3, 0.4) is 0 Å². The van der Waals surface area contributed by atoms with Crippen molar-refractivity contribution in [2.24, 2.45) is 5.73 Å². The molecule has 0 radical (unpaired) electrons. The molecule has 0 fully saturated rings. The van der Waals surface area contributed by atoms with Crippen LogP contribution in [0.25, 0.3) is 0 Å². The summed E-state index contributed by atoms with van der Waals surface area (Å²) in [5, 5.41) is 12.1. The zero-order chi connectivity index (χ0) is 16.8. The summed E-state index contributed by atoms with van der Waals surface area (Å²) in [6, 6.07) is 15.6. The Hall–Kier alpha value is -3.02. The van der Waals surface area contributed by atoms with Crippen LogP contribution in [0.1, 0.15) is 13.3 Å². The zero-order valence-corrected chi connectivity index (χ0v) is 12.8. The topological polar surface area (TPSA) is 95.7 Å². The van der Waals surface area contributed by atoms with E-state index in [-0.39, 0.29) is 6.42 Å². The zero-order valence-electron chi connectivity index (χ0n) is 12.8. The highest BCUT2D eigenvalue weighted by Gasteiger charge is 2.21. The fourth-order valence-electron chi connectivity index (χ4n) is 2.34. The monoisotopic (exact) mass is 313 g/mol. The molecule has 0 saturated carbocycles. The molecule has 2 aromatic carbocycles. The third kappa shape index (κ3) is 4.47. The van der Waals surface area contributed by atoms with E-state index in [1.165, 1.54) is 4.90 Å². The molecule has 4 N–H and O–H groups in total. The van der Waals surface area contributed by atoms with Gasteiger partial charge in [-0.05, 0) is 43.3 Å². The average Bonchev–Trinajstić information content (AvgIpc) is 2.49. The lowest BCUT2D eigenvalue weighted by Crippen LogP contribution is -2.43. The van der Waals surface area contributed by atoms with Crippen molar-refractivity contribution < 1.29 is 14.7 Å². The molecule has 0 aromatic heterocycles. The van der Waals surface area contributed by atoms with Gasteiger partial charge in [-0.25, -0.2) is 4.79 Å². The number of nitrogens with zero attached hydrogens (tertiary/aromatic N) is 1. The molecule has 0 bridgehead atoms. The summed E-state index contributed by atoms with van der Waals surface area (Å²) in [6.07, 6.45) is -0.174. The van der Waals surface area contributed by atoms with Crippen molar-refractivity contribution in [1.29, 1.82) is 0 Å². The predicted octanol–water partition coefficient (Wildman–Crippen LogP) is 3.18. The van der Waals surface area contributed by atoms with E-state index in [1.807, 2.05) is 42.5 Å². The Kier molecular flexibility index (Phi) is 5.19. The summed E-state index contributed by atoms with van der Waals surface area (Å²) in [6.45, 7) is 1.65. The van der Waals surface area contributed by atoms with Gasteiger partial charge in [0.1, 0.15) is 0 Å². The number of nitrogens with one attached hydrogen (secondary N) is 1. The van der Waals surface area contributed by atoms with Crippen LogP contribution in [-0.4, -0.2) is 23.1 Å². The largest absolute Gasteiger partial charge is 0.481 e. The number of benzene rings is 2. The first-order valence-electron chi connectivity index (χ1n) is 7.20. The number of anilines is 3. The molecule has 2 aromatic rings. The lowest BCUT2D eigenvalue weighted by Gasteiger charge is -2.26. The molecule has 2 rings (SSSR count). The quantitative estimate of drug-likeness (QED) is 0.763. The summed E-state index contributed by atoms with van der Waals surface area (Å²) in [7, 11) is 0. The molecule has 6 heteroatoms. The molecule has 0 aliphatic rings. The van der Waals surface area contributed by atoms with E-state index in [4.69, 9.17) is 10.8 Å². The molecule has 23 heavy (non-hydrogen) atoms. The number of carboxylic acids is 1. The van der Waals surface area contributed by atoms with Gasteiger partial charge in [-0.2, -0.15) is 0 Å². The molecule has 120 valence electrons. The fraction of sp³-hybridized carbons (Fsp3) is 0.176. The first kappa shape index (κ1) is 16.4. The minimum absolute atomic E-state index is 0.174. The number of carbonyl (C=O) groups excluding carboxylic acids is 1. The molecule has 0 saturated heterocycles. The Bertz CT molecular complexity index is 671. The van der Waals surface area contributed by atoms with E-state index in [1.54, 1.807) is 19.1 Å². The van der Waals surface area contributed by atoms with Crippen molar-refractivity contribution in [1.82, 2.24) is 0 Å². The van der Waals surface area contributed by atoms with Crippen LogP contribution >= 0.6 is 0 Å². The van der Waals surface area contributed by atoms with Gasteiger partial charge in [0.05, 0.1) is 6.42 Å². The number of carboxylic acid groups (broad SMARTS) is 1. The minimum atomic E-state index is -0.980. The van der Waals surface area contributed by atoms with Gasteiger partial charge < -0.3 is 16.2 Å².